The number of aromatic hydroxyl groups is 1. The van der Waals surface area contributed by atoms with Gasteiger partial charge in [-0.2, -0.15) is 5.10 Å². The monoisotopic (exact) mass is 646 g/mol. The van der Waals surface area contributed by atoms with E-state index in [9.17, 15) is 19.8 Å². The summed E-state index contributed by atoms with van der Waals surface area (Å²) in [6.07, 6.45) is 12.0. The Morgan fingerprint density at radius 3 is 2.53 bits per heavy atom. The van der Waals surface area contributed by atoms with Crippen LogP contribution < -0.4 is 16.2 Å². The Balaban J connectivity index is 1.03. The van der Waals surface area contributed by atoms with Crippen molar-refractivity contribution in [1.82, 2.24) is 25.1 Å². The van der Waals surface area contributed by atoms with Crippen molar-refractivity contribution in [2.45, 2.75) is 116 Å². The number of ether oxygens (including phenoxy) is 1. The lowest BCUT2D eigenvalue weighted by molar-refractivity contribution is -0.121. The highest BCUT2D eigenvalue weighted by Crippen LogP contribution is 2.32. The molecule has 0 bridgehead atoms. The molecule has 11 heteroatoms. The van der Waals surface area contributed by atoms with Gasteiger partial charge in [-0.1, -0.05) is 51.5 Å². The lowest BCUT2D eigenvalue weighted by Gasteiger charge is -2.26. The minimum Gasteiger partial charge on any atom is -0.506 e. The molecular formula is C36H50N6O5. The third-order valence-electron chi connectivity index (χ3n) is 9.29. The third kappa shape index (κ3) is 8.70. The van der Waals surface area contributed by atoms with Crippen LogP contribution >= 0.6 is 0 Å². The van der Waals surface area contributed by atoms with Crippen LogP contribution in [0.25, 0.3) is 21.9 Å². The second-order valence-corrected chi connectivity index (χ2v) is 12.6. The topological polar surface area (TPSA) is 154 Å². The van der Waals surface area contributed by atoms with Gasteiger partial charge >= 0.3 is 0 Å². The van der Waals surface area contributed by atoms with Crippen molar-refractivity contribution in [3.05, 3.63) is 57.6 Å². The molecule has 47 heavy (non-hydrogen) atoms. The van der Waals surface area contributed by atoms with Gasteiger partial charge in [-0.3, -0.25) is 9.59 Å². The minimum atomic E-state index is -0.656. The molecule has 1 fully saturated rings. The number of pyridine rings is 2. The quantitative estimate of drug-likeness (QED) is 0.0874. The van der Waals surface area contributed by atoms with Crippen LogP contribution in [0.2, 0.25) is 0 Å². The molecule has 4 heterocycles. The molecule has 254 valence electrons. The van der Waals surface area contributed by atoms with Crippen LogP contribution in [0.1, 0.15) is 107 Å². The zero-order valence-corrected chi connectivity index (χ0v) is 27.8. The van der Waals surface area contributed by atoms with Crippen LogP contribution in [-0.4, -0.2) is 55.1 Å². The number of carbonyl (C=O) groups is 1. The van der Waals surface area contributed by atoms with Crippen LogP contribution in [0.5, 0.6) is 5.75 Å². The number of aromatic nitrogens is 4. The second-order valence-electron chi connectivity index (χ2n) is 12.6. The fourth-order valence-electron chi connectivity index (χ4n) is 6.59. The Morgan fingerprint density at radius 1 is 1.04 bits per heavy atom. The van der Waals surface area contributed by atoms with Gasteiger partial charge in [-0.25, -0.2) is 9.67 Å². The van der Waals surface area contributed by atoms with Gasteiger partial charge in [0, 0.05) is 61.5 Å². The maximum absolute atomic E-state index is 12.9. The predicted molar refractivity (Wildman–Crippen MR) is 185 cm³/mol. The van der Waals surface area contributed by atoms with Crippen LogP contribution in [0.3, 0.4) is 0 Å². The summed E-state index contributed by atoms with van der Waals surface area (Å²) >= 11 is 0. The summed E-state index contributed by atoms with van der Waals surface area (Å²) in [5.74, 6) is 0.0629. The van der Waals surface area contributed by atoms with E-state index >= 15 is 0 Å². The lowest BCUT2D eigenvalue weighted by atomic mass is 9.98. The number of aryl methyl sites for hydroxylation is 2. The lowest BCUT2D eigenvalue weighted by Crippen LogP contribution is -2.30. The molecule has 0 unspecified atom stereocenters. The van der Waals surface area contributed by atoms with Gasteiger partial charge in [0.1, 0.15) is 5.75 Å². The first-order valence-electron chi connectivity index (χ1n) is 17.4. The Hall–Kier alpha value is -3.96. The van der Waals surface area contributed by atoms with E-state index in [4.69, 9.17) is 9.72 Å². The van der Waals surface area contributed by atoms with Crippen LogP contribution in [0, 0.1) is 0 Å². The number of aliphatic hydroxyl groups is 1. The summed E-state index contributed by atoms with van der Waals surface area (Å²) in [7, 11) is 0. The summed E-state index contributed by atoms with van der Waals surface area (Å²) in [6, 6.07) is 6.61. The highest BCUT2D eigenvalue weighted by Gasteiger charge is 2.22. The number of unbranched alkanes of at least 4 members (excludes halogenated alkanes) is 6. The first-order valence-corrected chi connectivity index (χ1v) is 17.4. The van der Waals surface area contributed by atoms with Crippen molar-refractivity contribution in [1.29, 1.82) is 0 Å². The van der Waals surface area contributed by atoms with Gasteiger partial charge in [0.15, 0.2) is 5.65 Å². The molecule has 4 aromatic rings. The number of nitrogens with one attached hydrogen (secondary N) is 3. The normalized spacial score (nSPS) is 14.5. The Kier molecular flexibility index (Phi) is 12.2. The van der Waals surface area contributed by atoms with E-state index in [1.165, 1.54) is 12.1 Å². The Morgan fingerprint density at radius 2 is 1.79 bits per heavy atom. The van der Waals surface area contributed by atoms with Crippen molar-refractivity contribution in [3.63, 3.8) is 0 Å². The maximum atomic E-state index is 12.9. The van der Waals surface area contributed by atoms with Gasteiger partial charge in [0.2, 0.25) is 11.5 Å². The molecule has 0 aliphatic carbocycles. The molecule has 1 amide bonds. The smallest absolute Gasteiger partial charge is 0.248 e. The van der Waals surface area contributed by atoms with Crippen molar-refractivity contribution in [2.75, 3.05) is 18.5 Å². The molecule has 0 saturated carbocycles. The van der Waals surface area contributed by atoms with E-state index in [-0.39, 0.29) is 17.2 Å². The van der Waals surface area contributed by atoms with E-state index in [1.807, 2.05) is 10.9 Å². The first-order chi connectivity index (χ1) is 22.9. The number of phenols is 1. The minimum absolute atomic E-state index is 0.000275. The number of hydrogen-bond acceptors (Lipinski definition) is 8. The van der Waals surface area contributed by atoms with E-state index in [0.29, 0.717) is 36.3 Å². The number of H-pyrrole nitrogens is 1. The molecule has 1 aromatic carbocycles. The van der Waals surface area contributed by atoms with Gasteiger partial charge in [-0.15, -0.1) is 0 Å². The summed E-state index contributed by atoms with van der Waals surface area (Å²) in [5, 5.41) is 34.0. The summed E-state index contributed by atoms with van der Waals surface area (Å²) in [6.45, 7) is 6.86. The summed E-state index contributed by atoms with van der Waals surface area (Å²) < 4.78 is 7.50. The summed E-state index contributed by atoms with van der Waals surface area (Å²) in [4.78, 5) is 32.1. The number of benzene rings is 1. The Bertz CT molecular complexity index is 1690. The standard InChI is InChI=1S/C36H50N6O5/c1-3-29-27(34(39-24-18-20-47-21-19-24)28-23-38-42(4-2)36(28)40-29)22-37-32(45)13-11-9-7-5-6-8-10-12-30(43)25-14-16-31(44)35-26(25)15-17-33(46)41-35/h14-17,23-24,30,43-44H,3-13,18-22H2,1-2H3,(H,37,45)(H,39,40)(H,41,46)/t30-/m0/s1. The number of fused-ring (bicyclic) bond motifs is 2. The zero-order valence-electron chi connectivity index (χ0n) is 27.8. The van der Waals surface area contributed by atoms with E-state index in [2.05, 4.69) is 34.6 Å². The molecule has 0 spiro atoms. The fourth-order valence-corrected chi connectivity index (χ4v) is 6.59. The molecule has 1 saturated heterocycles. The molecule has 1 atom stereocenters. The molecule has 1 aliphatic rings. The number of carbonyl (C=O) groups excluding carboxylic acids is 1. The number of rotatable bonds is 17. The number of hydrogen-bond donors (Lipinski definition) is 5. The van der Waals surface area contributed by atoms with E-state index in [0.717, 1.165) is 118 Å². The highest BCUT2D eigenvalue weighted by molar-refractivity contribution is 5.92. The molecule has 5 rings (SSSR count). The van der Waals surface area contributed by atoms with E-state index in [1.54, 1.807) is 12.1 Å². The van der Waals surface area contributed by atoms with Gasteiger partial charge in [0.05, 0.1) is 28.9 Å². The number of nitrogens with zero attached hydrogens (tertiary/aromatic N) is 3. The fraction of sp³-hybridized carbons (Fsp3) is 0.556. The molecule has 11 nitrogen and oxygen atoms in total. The molecule has 3 aromatic heterocycles. The van der Waals surface area contributed by atoms with Gasteiger partial charge in [0.25, 0.3) is 0 Å². The van der Waals surface area contributed by atoms with E-state index < -0.39 is 6.10 Å². The summed E-state index contributed by atoms with van der Waals surface area (Å²) in [5.41, 5.74) is 4.75. The number of phenolic OH excluding ortho intramolecular Hbond substituents is 1. The third-order valence-corrected chi connectivity index (χ3v) is 9.29. The van der Waals surface area contributed by atoms with Crippen molar-refractivity contribution >= 4 is 33.5 Å². The second kappa shape index (κ2) is 16.7. The largest absolute Gasteiger partial charge is 0.506 e. The average molecular weight is 647 g/mol. The first kappa shape index (κ1) is 34.4. The zero-order chi connectivity index (χ0) is 33.2. The van der Waals surface area contributed by atoms with Crippen LogP contribution in [-0.2, 0) is 29.0 Å². The highest BCUT2D eigenvalue weighted by atomic mass is 16.5. The number of amides is 1. The number of anilines is 1. The maximum Gasteiger partial charge on any atom is 0.248 e. The van der Waals surface area contributed by atoms with Gasteiger partial charge < -0.3 is 30.6 Å². The molecule has 1 aliphatic heterocycles. The Labute approximate surface area is 276 Å². The number of aromatic amines is 1. The van der Waals surface area contributed by atoms with Gasteiger partial charge in [-0.05, 0) is 56.7 Å². The molecule has 0 radical (unpaired) electrons. The van der Waals surface area contributed by atoms with Crippen LogP contribution in [0.4, 0.5) is 5.69 Å². The number of aliphatic hydroxyl groups excluding tert-OH is 1. The molecule has 5 N–H and O–H groups in total. The SMILES string of the molecule is CCc1nc2c(cnn2CC)c(NC2CCOCC2)c1CNC(=O)CCCCCCCCC[C@H](O)c1ccc(O)c2[nH]c(=O)ccc12. The average Bonchev–Trinajstić information content (AvgIpc) is 3.50. The predicted octanol–water partition coefficient (Wildman–Crippen LogP) is 6.01. The molecular weight excluding hydrogens is 596 g/mol. The van der Waals surface area contributed by atoms with Crippen molar-refractivity contribution in [2.24, 2.45) is 0 Å². The van der Waals surface area contributed by atoms with Crippen molar-refractivity contribution in [3.8, 4) is 5.75 Å². The van der Waals surface area contributed by atoms with Crippen molar-refractivity contribution < 1.29 is 19.7 Å². The van der Waals surface area contributed by atoms with Crippen LogP contribution in [0.15, 0.2) is 35.3 Å².